The quantitative estimate of drug-likeness (QED) is 0.625. The monoisotopic (exact) mass is 210 g/mol. The molecule has 0 bridgehead atoms. The summed E-state index contributed by atoms with van der Waals surface area (Å²) in [4.78, 5) is 0. The third-order valence-corrected chi connectivity index (χ3v) is 2.46. The summed E-state index contributed by atoms with van der Waals surface area (Å²) in [7, 11) is 0. The van der Waals surface area contributed by atoms with Gasteiger partial charge in [-0.15, -0.1) is 10.2 Å². The van der Waals surface area contributed by atoms with Crippen molar-refractivity contribution in [1.82, 2.24) is 14.6 Å². The molecule has 0 saturated carbocycles. The van der Waals surface area contributed by atoms with Crippen molar-refractivity contribution in [2.75, 3.05) is 5.73 Å². The van der Waals surface area contributed by atoms with E-state index in [1.165, 1.54) is 0 Å². The average molecular weight is 210 g/mol. The summed E-state index contributed by atoms with van der Waals surface area (Å²) in [6.45, 7) is 0. The molecule has 0 fully saturated rings. The molecule has 0 spiro atoms. The van der Waals surface area contributed by atoms with Gasteiger partial charge in [0, 0.05) is 17.4 Å². The minimum absolute atomic E-state index is 0.727. The second-order valence-corrected chi connectivity index (χ2v) is 3.58. The highest BCUT2D eigenvalue weighted by Crippen LogP contribution is 2.19. The van der Waals surface area contributed by atoms with Gasteiger partial charge in [-0.3, -0.25) is 4.40 Å². The fraction of sp³-hybridized carbons (Fsp3) is 0. The maximum absolute atomic E-state index is 5.75. The van der Waals surface area contributed by atoms with Gasteiger partial charge in [0.1, 0.15) is 0 Å². The van der Waals surface area contributed by atoms with Crippen LogP contribution in [0.5, 0.6) is 0 Å². The molecule has 3 rings (SSSR count). The Bertz CT molecular complexity index is 642. The number of hydrogen-bond acceptors (Lipinski definition) is 3. The Kier molecular flexibility index (Phi) is 1.86. The minimum Gasteiger partial charge on any atom is -0.399 e. The molecule has 0 atom stereocenters. The Hall–Kier alpha value is -2.36. The van der Waals surface area contributed by atoms with E-state index in [0.717, 1.165) is 22.7 Å². The number of fused-ring (bicyclic) bond motifs is 1. The Labute approximate surface area is 92.4 Å². The van der Waals surface area contributed by atoms with Gasteiger partial charge >= 0.3 is 0 Å². The highest BCUT2D eigenvalue weighted by Gasteiger charge is 2.06. The predicted octanol–water partition coefficient (Wildman–Crippen LogP) is 1.98. The highest BCUT2D eigenvalue weighted by molar-refractivity contribution is 5.63. The van der Waals surface area contributed by atoms with Crippen molar-refractivity contribution >= 4 is 11.3 Å². The van der Waals surface area contributed by atoms with Crippen molar-refractivity contribution in [3.8, 4) is 11.4 Å². The average Bonchev–Trinajstić information content (AvgIpc) is 2.72. The molecule has 3 aromatic rings. The molecule has 4 nitrogen and oxygen atoms in total. The second-order valence-electron chi connectivity index (χ2n) is 3.58. The molecule has 2 aromatic heterocycles. The van der Waals surface area contributed by atoms with E-state index in [0.29, 0.717) is 0 Å². The van der Waals surface area contributed by atoms with Gasteiger partial charge in [-0.25, -0.2) is 0 Å². The van der Waals surface area contributed by atoms with E-state index >= 15 is 0 Å². The van der Waals surface area contributed by atoms with Crippen molar-refractivity contribution in [3.63, 3.8) is 0 Å². The van der Waals surface area contributed by atoms with Crippen LogP contribution in [-0.4, -0.2) is 14.6 Å². The number of nitrogens with two attached hydrogens (primary N) is 1. The van der Waals surface area contributed by atoms with Gasteiger partial charge in [0.05, 0.1) is 0 Å². The van der Waals surface area contributed by atoms with Crippen molar-refractivity contribution in [3.05, 3.63) is 48.7 Å². The van der Waals surface area contributed by atoms with E-state index < -0.39 is 0 Å². The standard InChI is InChI=1S/C12H10N4/c13-10-5-3-4-9(8-10)12-15-14-11-6-1-2-7-16(11)12/h1-8H,13H2. The normalized spacial score (nSPS) is 10.8. The Morgan fingerprint density at radius 3 is 2.81 bits per heavy atom. The fourth-order valence-electron chi connectivity index (χ4n) is 1.72. The number of rotatable bonds is 1. The zero-order valence-corrected chi connectivity index (χ0v) is 8.54. The van der Waals surface area contributed by atoms with Crippen LogP contribution in [-0.2, 0) is 0 Å². The first-order valence-electron chi connectivity index (χ1n) is 5.00. The number of nitrogens with zero attached hydrogens (tertiary/aromatic N) is 3. The predicted molar refractivity (Wildman–Crippen MR) is 62.8 cm³/mol. The summed E-state index contributed by atoms with van der Waals surface area (Å²) in [5, 5.41) is 8.26. The van der Waals surface area contributed by atoms with Crippen molar-refractivity contribution < 1.29 is 0 Å². The lowest BCUT2D eigenvalue weighted by atomic mass is 10.2. The van der Waals surface area contributed by atoms with E-state index in [2.05, 4.69) is 10.2 Å². The number of benzene rings is 1. The van der Waals surface area contributed by atoms with Gasteiger partial charge in [-0.2, -0.15) is 0 Å². The Morgan fingerprint density at radius 1 is 1.00 bits per heavy atom. The molecule has 4 heteroatoms. The molecule has 0 aliphatic heterocycles. The number of aromatic nitrogens is 3. The van der Waals surface area contributed by atoms with E-state index in [1.807, 2.05) is 53.1 Å². The third kappa shape index (κ3) is 1.32. The molecule has 0 aliphatic carbocycles. The van der Waals surface area contributed by atoms with Crippen molar-refractivity contribution in [1.29, 1.82) is 0 Å². The van der Waals surface area contributed by atoms with Crippen LogP contribution in [0.1, 0.15) is 0 Å². The second kappa shape index (κ2) is 3.34. The summed E-state index contributed by atoms with van der Waals surface area (Å²) in [5.74, 6) is 0.808. The lowest BCUT2D eigenvalue weighted by Crippen LogP contribution is -1.90. The van der Waals surface area contributed by atoms with E-state index in [1.54, 1.807) is 0 Å². The van der Waals surface area contributed by atoms with Gasteiger partial charge in [0.25, 0.3) is 0 Å². The van der Waals surface area contributed by atoms with Crippen LogP contribution in [0, 0.1) is 0 Å². The Morgan fingerprint density at radius 2 is 1.94 bits per heavy atom. The molecular weight excluding hydrogens is 200 g/mol. The SMILES string of the molecule is Nc1cccc(-c2nnc3ccccn23)c1. The van der Waals surface area contributed by atoms with Crippen LogP contribution < -0.4 is 5.73 Å². The van der Waals surface area contributed by atoms with Crippen LogP contribution in [0.25, 0.3) is 17.0 Å². The van der Waals surface area contributed by atoms with Gasteiger partial charge in [0.15, 0.2) is 11.5 Å². The van der Waals surface area contributed by atoms with E-state index in [-0.39, 0.29) is 0 Å². The first kappa shape index (κ1) is 8.91. The maximum Gasteiger partial charge on any atom is 0.168 e. The molecule has 78 valence electrons. The molecule has 1 aromatic carbocycles. The number of pyridine rings is 1. The maximum atomic E-state index is 5.75. The number of anilines is 1. The van der Waals surface area contributed by atoms with Crippen molar-refractivity contribution in [2.24, 2.45) is 0 Å². The third-order valence-electron chi connectivity index (χ3n) is 2.46. The summed E-state index contributed by atoms with van der Waals surface area (Å²) in [5.41, 5.74) is 8.28. The minimum atomic E-state index is 0.727. The summed E-state index contributed by atoms with van der Waals surface area (Å²) in [6.07, 6.45) is 1.94. The molecule has 0 saturated heterocycles. The fourth-order valence-corrected chi connectivity index (χ4v) is 1.72. The van der Waals surface area contributed by atoms with Crippen molar-refractivity contribution in [2.45, 2.75) is 0 Å². The lowest BCUT2D eigenvalue weighted by molar-refractivity contribution is 1.11. The first-order chi connectivity index (χ1) is 7.84. The molecule has 0 amide bonds. The number of hydrogen-bond donors (Lipinski definition) is 1. The van der Waals surface area contributed by atoms with Gasteiger partial charge in [-0.1, -0.05) is 18.2 Å². The zero-order chi connectivity index (χ0) is 11.0. The highest BCUT2D eigenvalue weighted by atomic mass is 15.2. The van der Waals surface area contributed by atoms with E-state index in [4.69, 9.17) is 5.73 Å². The summed E-state index contributed by atoms with van der Waals surface area (Å²) in [6, 6.07) is 13.4. The largest absolute Gasteiger partial charge is 0.399 e. The van der Waals surface area contributed by atoms with Crippen LogP contribution in [0.4, 0.5) is 5.69 Å². The molecule has 2 N–H and O–H groups in total. The zero-order valence-electron chi connectivity index (χ0n) is 8.54. The summed E-state index contributed by atoms with van der Waals surface area (Å²) >= 11 is 0. The molecule has 0 aliphatic rings. The molecule has 16 heavy (non-hydrogen) atoms. The molecule has 0 radical (unpaired) electrons. The molecular formula is C12H10N4. The van der Waals surface area contributed by atoms with Gasteiger partial charge < -0.3 is 5.73 Å². The number of nitrogen functional groups attached to an aromatic ring is 1. The Balaban J connectivity index is 2.26. The van der Waals surface area contributed by atoms with Crippen LogP contribution >= 0.6 is 0 Å². The van der Waals surface area contributed by atoms with E-state index in [9.17, 15) is 0 Å². The molecule has 2 heterocycles. The van der Waals surface area contributed by atoms with Gasteiger partial charge in [0.2, 0.25) is 0 Å². The van der Waals surface area contributed by atoms with Crippen LogP contribution in [0.15, 0.2) is 48.7 Å². The summed E-state index contributed by atoms with van der Waals surface area (Å²) < 4.78 is 1.94. The van der Waals surface area contributed by atoms with Crippen LogP contribution in [0.3, 0.4) is 0 Å². The molecule has 0 unspecified atom stereocenters. The smallest absolute Gasteiger partial charge is 0.168 e. The first-order valence-corrected chi connectivity index (χ1v) is 5.00. The lowest BCUT2D eigenvalue weighted by Gasteiger charge is -2.00. The topological polar surface area (TPSA) is 56.2 Å². The van der Waals surface area contributed by atoms with Crippen LogP contribution in [0.2, 0.25) is 0 Å². The van der Waals surface area contributed by atoms with Gasteiger partial charge in [-0.05, 0) is 24.3 Å².